The van der Waals surface area contributed by atoms with Gasteiger partial charge in [0.2, 0.25) is 0 Å². The van der Waals surface area contributed by atoms with Gasteiger partial charge >= 0.3 is 5.97 Å². The summed E-state index contributed by atoms with van der Waals surface area (Å²) in [4.78, 5) is 16.0. The maximum atomic E-state index is 11.6. The molecule has 0 aromatic heterocycles. The maximum Gasteiger partial charge on any atom is 0.324 e. The van der Waals surface area contributed by atoms with Crippen molar-refractivity contribution in [1.82, 2.24) is 0 Å². The third-order valence-electron chi connectivity index (χ3n) is 5.03. The summed E-state index contributed by atoms with van der Waals surface area (Å²) in [6.07, 6.45) is 3.95. The Hall–Kier alpha value is -3.31. The zero-order chi connectivity index (χ0) is 21.7. The topological polar surface area (TPSA) is 70.8 Å². The summed E-state index contributed by atoms with van der Waals surface area (Å²) >= 11 is 0. The molecule has 1 atom stereocenters. The predicted octanol–water partition coefficient (Wildman–Crippen LogP) is 5.69. The van der Waals surface area contributed by atoms with Crippen molar-refractivity contribution in [3.8, 4) is 17.2 Å². The Bertz CT molecular complexity index is 898. The van der Waals surface area contributed by atoms with Gasteiger partial charge in [-0.3, -0.25) is 4.79 Å². The van der Waals surface area contributed by atoms with Crippen LogP contribution in [0.1, 0.15) is 31.2 Å². The van der Waals surface area contributed by atoms with E-state index in [-0.39, 0.29) is 11.9 Å². The highest BCUT2D eigenvalue weighted by Gasteiger charge is 2.15. The van der Waals surface area contributed by atoms with Gasteiger partial charge in [-0.25, -0.2) is 0 Å². The largest absolute Gasteiger partial charge is 0.494 e. The number of carbonyl (C=O) groups excluding carboxylic acids is 1. The molecule has 0 aliphatic rings. The second kappa shape index (κ2) is 12.4. The Labute approximate surface area is 183 Å². The Morgan fingerprint density at radius 1 is 0.774 bits per heavy atom. The van der Waals surface area contributed by atoms with Gasteiger partial charge in [-0.1, -0.05) is 48.5 Å². The van der Waals surface area contributed by atoms with Gasteiger partial charge < -0.3 is 14.3 Å². The summed E-state index contributed by atoms with van der Waals surface area (Å²) < 4.78 is 11.6. The molecule has 5 nitrogen and oxygen atoms in total. The smallest absolute Gasteiger partial charge is 0.324 e. The van der Waals surface area contributed by atoms with Gasteiger partial charge in [-0.15, -0.1) is 0 Å². The van der Waals surface area contributed by atoms with E-state index in [4.69, 9.17) is 15.4 Å². The fraction of sp³-hybridized carbons (Fsp3) is 0.269. The molecule has 5 heteroatoms. The molecule has 0 bridgehead atoms. The number of hydrogen-bond acceptors (Lipinski definition) is 5. The number of hydrogen-bond donors (Lipinski definition) is 1. The SMILES string of the molecule is NOC(=O)CC(CCCCOc1ccc(Oc2ccccc2)cc1)Cc1ccccc1. The number of unbranched alkanes of at least 4 members (excludes halogenated alkanes) is 1. The highest BCUT2D eigenvalue weighted by atomic mass is 16.7. The summed E-state index contributed by atoms with van der Waals surface area (Å²) in [7, 11) is 0. The van der Waals surface area contributed by atoms with E-state index in [0.29, 0.717) is 13.0 Å². The third-order valence-corrected chi connectivity index (χ3v) is 5.03. The Morgan fingerprint density at radius 2 is 1.39 bits per heavy atom. The number of ether oxygens (including phenoxy) is 2. The summed E-state index contributed by atoms with van der Waals surface area (Å²) in [6.45, 7) is 0.623. The Kier molecular flexibility index (Phi) is 8.95. The first-order valence-electron chi connectivity index (χ1n) is 10.6. The fourth-order valence-corrected chi connectivity index (χ4v) is 3.46. The summed E-state index contributed by atoms with van der Waals surface area (Å²) in [6, 6.07) is 27.5. The van der Waals surface area contributed by atoms with Crippen molar-refractivity contribution in [2.24, 2.45) is 11.8 Å². The molecule has 0 spiro atoms. The second-order valence-corrected chi connectivity index (χ2v) is 7.48. The lowest BCUT2D eigenvalue weighted by Gasteiger charge is -2.16. The van der Waals surface area contributed by atoms with Gasteiger partial charge in [0.1, 0.15) is 17.2 Å². The van der Waals surface area contributed by atoms with Crippen LogP contribution in [0.25, 0.3) is 0 Å². The quantitative estimate of drug-likeness (QED) is 0.301. The first kappa shape index (κ1) is 22.4. The average molecular weight is 420 g/mol. The molecule has 0 fully saturated rings. The van der Waals surface area contributed by atoms with Crippen molar-refractivity contribution in [3.05, 3.63) is 90.5 Å². The lowest BCUT2D eigenvalue weighted by Crippen LogP contribution is -2.17. The molecule has 0 aliphatic heterocycles. The molecule has 0 saturated heterocycles. The maximum absolute atomic E-state index is 11.6. The van der Waals surface area contributed by atoms with Gasteiger partial charge in [0.05, 0.1) is 13.0 Å². The highest BCUT2D eigenvalue weighted by molar-refractivity contribution is 5.69. The van der Waals surface area contributed by atoms with E-state index in [9.17, 15) is 4.79 Å². The van der Waals surface area contributed by atoms with Crippen LogP contribution in [0.15, 0.2) is 84.9 Å². The predicted molar refractivity (Wildman–Crippen MR) is 121 cm³/mol. The Balaban J connectivity index is 1.39. The van der Waals surface area contributed by atoms with E-state index in [0.717, 1.165) is 42.9 Å². The zero-order valence-corrected chi connectivity index (χ0v) is 17.6. The number of nitrogens with two attached hydrogens (primary N) is 1. The van der Waals surface area contributed by atoms with Gasteiger partial charge in [-0.05, 0) is 73.6 Å². The van der Waals surface area contributed by atoms with Gasteiger partial charge in [0.15, 0.2) is 0 Å². The van der Waals surface area contributed by atoms with Crippen LogP contribution in [0, 0.1) is 5.92 Å². The van der Waals surface area contributed by atoms with E-state index >= 15 is 0 Å². The van der Waals surface area contributed by atoms with Crippen molar-refractivity contribution in [3.63, 3.8) is 0 Å². The van der Waals surface area contributed by atoms with Crippen molar-refractivity contribution < 1.29 is 19.1 Å². The number of benzene rings is 3. The second-order valence-electron chi connectivity index (χ2n) is 7.48. The van der Waals surface area contributed by atoms with E-state index < -0.39 is 0 Å². The molecule has 0 heterocycles. The fourth-order valence-electron chi connectivity index (χ4n) is 3.46. The molecule has 162 valence electrons. The van der Waals surface area contributed by atoms with Crippen molar-refractivity contribution in [2.75, 3.05) is 6.61 Å². The van der Waals surface area contributed by atoms with Gasteiger partial charge in [0.25, 0.3) is 0 Å². The monoisotopic (exact) mass is 419 g/mol. The number of para-hydroxylation sites is 1. The molecule has 0 saturated carbocycles. The molecule has 0 amide bonds. The molecule has 3 aromatic carbocycles. The van der Waals surface area contributed by atoms with E-state index in [1.165, 1.54) is 5.56 Å². The van der Waals surface area contributed by atoms with E-state index in [2.05, 4.69) is 17.0 Å². The first-order chi connectivity index (χ1) is 15.2. The molecule has 0 aliphatic carbocycles. The average Bonchev–Trinajstić information content (AvgIpc) is 2.81. The molecule has 3 aromatic rings. The van der Waals surface area contributed by atoms with E-state index in [1.807, 2.05) is 72.8 Å². The standard InChI is InChI=1S/C26H29NO4/c27-31-26(28)20-22(19-21-9-3-1-4-10-21)11-7-8-18-29-23-14-16-25(17-15-23)30-24-12-5-2-6-13-24/h1-6,9-10,12-17,22H,7-8,11,18-20,27H2. The minimum Gasteiger partial charge on any atom is -0.494 e. The normalized spacial score (nSPS) is 11.5. The molecule has 31 heavy (non-hydrogen) atoms. The number of rotatable bonds is 12. The van der Waals surface area contributed by atoms with Crippen molar-refractivity contribution in [2.45, 2.75) is 32.1 Å². The van der Waals surface area contributed by atoms with Gasteiger partial charge in [-0.2, -0.15) is 5.90 Å². The van der Waals surface area contributed by atoms with Crippen LogP contribution >= 0.6 is 0 Å². The summed E-state index contributed by atoms with van der Waals surface area (Å²) in [5.74, 6) is 7.26. The molecule has 0 radical (unpaired) electrons. The zero-order valence-electron chi connectivity index (χ0n) is 17.6. The number of carbonyl (C=O) groups is 1. The minimum atomic E-state index is -0.366. The van der Waals surface area contributed by atoms with Gasteiger partial charge in [0, 0.05) is 0 Å². The molecular weight excluding hydrogens is 390 g/mol. The molecule has 2 N–H and O–H groups in total. The summed E-state index contributed by atoms with van der Waals surface area (Å²) in [5.41, 5.74) is 1.21. The molecule has 1 unspecified atom stereocenters. The van der Waals surface area contributed by atoms with Crippen LogP contribution in [0.2, 0.25) is 0 Å². The first-order valence-corrected chi connectivity index (χ1v) is 10.6. The molecular formula is C26H29NO4. The molecule has 3 rings (SSSR count). The third kappa shape index (κ3) is 8.15. The van der Waals surface area contributed by atoms with Crippen molar-refractivity contribution >= 4 is 5.97 Å². The van der Waals surface area contributed by atoms with Crippen molar-refractivity contribution in [1.29, 1.82) is 0 Å². The van der Waals surface area contributed by atoms with Crippen LogP contribution in [0.5, 0.6) is 17.2 Å². The van der Waals surface area contributed by atoms with E-state index in [1.54, 1.807) is 0 Å². The van der Waals surface area contributed by atoms with Crippen LogP contribution < -0.4 is 15.4 Å². The summed E-state index contributed by atoms with van der Waals surface area (Å²) in [5, 5.41) is 0. The van der Waals surface area contributed by atoms with Crippen LogP contribution in [0.3, 0.4) is 0 Å². The van der Waals surface area contributed by atoms with Crippen LogP contribution in [-0.4, -0.2) is 12.6 Å². The lowest BCUT2D eigenvalue weighted by atomic mass is 9.91. The lowest BCUT2D eigenvalue weighted by molar-refractivity contribution is -0.145. The minimum absolute atomic E-state index is 0.202. The Morgan fingerprint density at radius 3 is 2.06 bits per heavy atom. The highest BCUT2D eigenvalue weighted by Crippen LogP contribution is 2.24. The van der Waals surface area contributed by atoms with Crippen LogP contribution in [0.4, 0.5) is 0 Å². The van der Waals surface area contributed by atoms with Crippen LogP contribution in [-0.2, 0) is 16.1 Å².